The molecule has 1 amide bonds. The Kier molecular flexibility index (Phi) is 5.29. The number of thiocarbonyl (C=S) groups is 1. The maximum atomic E-state index is 12.4. The van der Waals surface area contributed by atoms with E-state index in [0.29, 0.717) is 16.4 Å². The number of benzene rings is 2. The van der Waals surface area contributed by atoms with Crippen LogP contribution in [0.15, 0.2) is 54.6 Å². The zero-order valence-corrected chi connectivity index (χ0v) is 12.5. The molecule has 3 N–H and O–H groups in total. The molecule has 0 saturated carbocycles. The van der Waals surface area contributed by atoms with Crippen LogP contribution in [0.2, 0.25) is 0 Å². The van der Waals surface area contributed by atoms with Gasteiger partial charge in [0.25, 0.3) is 5.91 Å². The molecule has 0 aliphatic heterocycles. The molecule has 2 aromatic carbocycles. The zero-order chi connectivity index (χ0) is 15.1. The Bertz CT molecular complexity index is 628. The third-order valence-corrected chi connectivity index (χ3v) is 3.04. The third-order valence-electron chi connectivity index (χ3n) is 2.79. The molecule has 0 unspecified atom stereocenters. The lowest BCUT2D eigenvalue weighted by Gasteiger charge is -2.13. The molecule has 0 aliphatic rings. The van der Waals surface area contributed by atoms with Crippen LogP contribution < -0.4 is 16.0 Å². The Labute approximate surface area is 129 Å². The maximum Gasteiger partial charge on any atom is 0.257 e. The fourth-order valence-corrected chi connectivity index (χ4v) is 2.09. The molecule has 21 heavy (non-hydrogen) atoms. The van der Waals surface area contributed by atoms with E-state index in [2.05, 4.69) is 16.0 Å². The fourth-order valence-electron chi connectivity index (χ4n) is 1.84. The quantitative estimate of drug-likeness (QED) is 0.759. The average Bonchev–Trinajstić information content (AvgIpc) is 2.49. The second-order valence-electron chi connectivity index (χ2n) is 4.35. The van der Waals surface area contributed by atoms with Crippen molar-refractivity contribution in [2.45, 2.75) is 6.92 Å². The second kappa shape index (κ2) is 7.40. The lowest BCUT2D eigenvalue weighted by atomic mass is 10.1. The number of para-hydroxylation sites is 2. The van der Waals surface area contributed by atoms with E-state index in [1.807, 2.05) is 55.5 Å². The lowest BCUT2D eigenvalue weighted by molar-refractivity contribution is 0.102. The molecular formula is C16H17N3OS. The van der Waals surface area contributed by atoms with E-state index >= 15 is 0 Å². The van der Waals surface area contributed by atoms with Gasteiger partial charge in [0.1, 0.15) is 0 Å². The van der Waals surface area contributed by atoms with E-state index in [1.54, 1.807) is 6.07 Å². The molecule has 0 radical (unpaired) electrons. The van der Waals surface area contributed by atoms with Gasteiger partial charge in [-0.3, -0.25) is 4.79 Å². The molecule has 0 aromatic heterocycles. The smallest absolute Gasteiger partial charge is 0.257 e. The first-order valence-electron chi connectivity index (χ1n) is 6.71. The third kappa shape index (κ3) is 4.29. The van der Waals surface area contributed by atoms with Gasteiger partial charge in [-0.25, -0.2) is 0 Å². The van der Waals surface area contributed by atoms with Crippen molar-refractivity contribution >= 4 is 34.6 Å². The number of hydrogen-bond donors (Lipinski definition) is 3. The monoisotopic (exact) mass is 299 g/mol. The van der Waals surface area contributed by atoms with Crippen molar-refractivity contribution in [3.8, 4) is 0 Å². The standard InChI is InChI=1S/C16H17N3OS/c1-2-17-16(21)19-14-11-7-6-10-13(14)15(20)18-12-8-4-3-5-9-12/h3-11H,2H2,1H3,(H,18,20)(H2,17,19,21). The average molecular weight is 299 g/mol. The van der Waals surface area contributed by atoms with Crippen molar-refractivity contribution in [2.75, 3.05) is 17.2 Å². The molecule has 4 nitrogen and oxygen atoms in total. The number of rotatable bonds is 4. The highest BCUT2D eigenvalue weighted by Crippen LogP contribution is 2.17. The Morgan fingerprint density at radius 1 is 1.00 bits per heavy atom. The van der Waals surface area contributed by atoms with Gasteiger partial charge in [-0.15, -0.1) is 0 Å². The van der Waals surface area contributed by atoms with E-state index < -0.39 is 0 Å². The van der Waals surface area contributed by atoms with Gasteiger partial charge in [0, 0.05) is 12.2 Å². The van der Waals surface area contributed by atoms with E-state index in [0.717, 1.165) is 12.2 Å². The minimum atomic E-state index is -0.177. The summed E-state index contributed by atoms with van der Waals surface area (Å²) >= 11 is 5.16. The molecule has 0 spiro atoms. The van der Waals surface area contributed by atoms with E-state index in [1.165, 1.54) is 0 Å². The van der Waals surface area contributed by atoms with Crippen LogP contribution in [0.1, 0.15) is 17.3 Å². The Hall–Kier alpha value is -2.40. The van der Waals surface area contributed by atoms with Crippen molar-refractivity contribution in [1.82, 2.24) is 5.32 Å². The van der Waals surface area contributed by atoms with Gasteiger partial charge in [-0.05, 0) is 43.4 Å². The van der Waals surface area contributed by atoms with Crippen LogP contribution in [-0.2, 0) is 0 Å². The summed E-state index contributed by atoms with van der Waals surface area (Å²) in [5.41, 5.74) is 1.98. The van der Waals surface area contributed by atoms with E-state index in [-0.39, 0.29) is 5.91 Å². The normalized spacial score (nSPS) is 9.76. The topological polar surface area (TPSA) is 53.2 Å². The highest BCUT2D eigenvalue weighted by molar-refractivity contribution is 7.80. The molecule has 0 atom stereocenters. The summed E-state index contributed by atoms with van der Waals surface area (Å²) in [5, 5.41) is 9.39. The Morgan fingerprint density at radius 2 is 1.67 bits per heavy atom. The second-order valence-corrected chi connectivity index (χ2v) is 4.76. The summed E-state index contributed by atoms with van der Waals surface area (Å²) in [6.07, 6.45) is 0. The number of hydrogen-bond acceptors (Lipinski definition) is 2. The zero-order valence-electron chi connectivity index (χ0n) is 11.7. The van der Waals surface area contributed by atoms with Crippen LogP contribution in [0.3, 0.4) is 0 Å². The van der Waals surface area contributed by atoms with Gasteiger partial charge in [-0.2, -0.15) is 0 Å². The highest BCUT2D eigenvalue weighted by atomic mass is 32.1. The molecule has 0 aliphatic carbocycles. The van der Waals surface area contributed by atoms with Crippen LogP contribution in [0, 0.1) is 0 Å². The largest absolute Gasteiger partial charge is 0.363 e. The van der Waals surface area contributed by atoms with Crippen LogP contribution in [0.4, 0.5) is 11.4 Å². The van der Waals surface area contributed by atoms with Crippen molar-refractivity contribution in [2.24, 2.45) is 0 Å². The molecular weight excluding hydrogens is 282 g/mol. The van der Waals surface area contributed by atoms with Crippen LogP contribution in [0.5, 0.6) is 0 Å². The molecule has 0 bridgehead atoms. The number of carbonyl (C=O) groups is 1. The minimum absolute atomic E-state index is 0.177. The number of amides is 1. The molecule has 0 fully saturated rings. The van der Waals surface area contributed by atoms with Crippen LogP contribution >= 0.6 is 12.2 Å². The number of nitrogens with one attached hydrogen (secondary N) is 3. The van der Waals surface area contributed by atoms with Crippen LogP contribution in [0.25, 0.3) is 0 Å². The minimum Gasteiger partial charge on any atom is -0.363 e. The maximum absolute atomic E-state index is 12.4. The van der Waals surface area contributed by atoms with Crippen molar-refractivity contribution < 1.29 is 4.79 Å². The highest BCUT2D eigenvalue weighted by Gasteiger charge is 2.11. The summed E-state index contributed by atoms with van der Waals surface area (Å²) in [4.78, 5) is 12.4. The van der Waals surface area contributed by atoms with Gasteiger partial charge in [0.15, 0.2) is 5.11 Å². The van der Waals surface area contributed by atoms with Crippen molar-refractivity contribution in [3.05, 3.63) is 60.2 Å². The van der Waals surface area contributed by atoms with Gasteiger partial charge in [0.2, 0.25) is 0 Å². The summed E-state index contributed by atoms with van der Waals surface area (Å²) in [5.74, 6) is -0.177. The molecule has 108 valence electrons. The van der Waals surface area contributed by atoms with Crippen molar-refractivity contribution in [3.63, 3.8) is 0 Å². The van der Waals surface area contributed by atoms with E-state index in [9.17, 15) is 4.79 Å². The summed E-state index contributed by atoms with van der Waals surface area (Å²) in [6.45, 7) is 2.69. The Balaban J connectivity index is 2.15. The summed E-state index contributed by atoms with van der Waals surface area (Å²) < 4.78 is 0. The fraction of sp³-hybridized carbons (Fsp3) is 0.125. The van der Waals surface area contributed by atoms with Gasteiger partial charge < -0.3 is 16.0 Å². The number of anilines is 2. The SMILES string of the molecule is CCNC(=S)Nc1ccccc1C(=O)Nc1ccccc1. The first-order chi connectivity index (χ1) is 10.2. The predicted octanol–water partition coefficient (Wildman–Crippen LogP) is 3.25. The molecule has 2 aromatic rings. The molecule has 2 rings (SSSR count). The predicted molar refractivity (Wildman–Crippen MR) is 90.7 cm³/mol. The lowest BCUT2D eigenvalue weighted by Crippen LogP contribution is -2.29. The van der Waals surface area contributed by atoms with Crippen LogP contribution in [-0.4, -0.2) is 17.6 Å². The molecule has 5 heteroatoms. The molecule has 0 heterocycles. The first-order valence-corrected chi connectivity index (χ1v) is 7.12. The number of carbonyl (C=O) groups excluding carboxylic acids is 1. The van der Waals surface area contributed by atoms with Gasteiger partial charge >= 0.3 is 0 Å². The summed E-state index contributed by atoms with van der Waals surface area (Å²) in [6, 6.07) is 16.6. The van der Waals surface area contributed by atoms with E-state index in [4.69, 9.17) is 12.2 Å². The first kappa shape index (κ1) is 15.0. The van der Waals surface area contributed by atoms with Gasteiger partial charge in [-0.1, -0.05) is 30.3 Å². The van der Waals surface area contributed by atoms with Gasteiger partial charge in [0.05, 0.1) is 11.3 Å². The summed E-state index contributed by atoms with van der Waals surface area (Å²) in [7, 11) is 0. The Morgan fingerprint density at radius 3 is 2.38 bits per heavy atom. The molecule has 0 saturated heterocycles. The van der Waals surface area contributed by atoms with Crippen molar-refractivity contribution in [1.29, 1.82) is 0 Å².